The Hall–Kier alpha value is -2.17. The van der Waals surface area contributed by atoms with Gasteiger partial charge < -0.3 is 9.47 Å². The Morgan fingerprint density at radius 1 is 1.05 bits per heavy atom. The summed E-state index contributed by atoms with van der Waals surface area (Å²) >= 11 is 0. The van der Waals surface area contributed by atoms with Crippen molar-refractivity contribution in [3.05, 3.63) is 35.9 Å². The molecule has 0 aliphatic heterocycles. The summed E-state index contributed by atoms with van der Waals surface area (Å²) in [6.07, 6.45) is 0.539. The van der Waals surface area contributed by atoms with Crippen LogP contribution in [-0.2, 0) is 19.1 Å². The molecule has 0 saturated carbocycles. The highest BCUT2D eigenvalue weighted by molar-refractivity contribution is 5.89. The molecule has 0 aliphatic rings. The van der Waals surface area contributed by atoms with Crippen LogP contribution in [0.5, 0.6) is 0 Å². The minimum Gasteiger partial charge on any atom is -0.462 e. The molecule has 0 radical (unpaired) electrons. The Kier molecular flexibility index (Phi) is 6.29. The molecule has 102 valence electrons. The molecule has 19 heavy (non-hydrogen) atoms. The van der Waals surface area contributed by atoms with Gasteiger partial charge in [-0.05, 0) is 18.6 Å². The summed E-state index contributed by atoms with van der Waals surface area (Å²) in [5, 5.41) is 0. The van der Waals surface area contributed by atoms with E-state index in [9.17, 15) is 14.4 Å². The Morgan fingerprint density at radius 3 is 2.37 bits per heavy atom. The predicted molar refractivity (Wildman–Crippen MR) is 67.3 cm³/mol. The highest BCUT2D eigenvalue weighted by Gasteiger charge is 2.09. The van der Waals surface area contributed by atoms with Gasteiger partial charge in [0.15, 0.2) is 0 Å². The van der Waals surface area contributed by atoms with E-state index >= 15 is 0 Å². The summed E-state index contributed by atoms with van der Waals surface area (Å²) in [6.45, 7) is 1.72. The Bertz CT molecular complexity index is 438. The van der Waals surface area contributed by atoms with Gasteiger partial charge in [-0.3, -0.25) is 9.59 Å². The third kappa shape index (κ3) is 5.81. The number of benzene rings is 1. The summed E-state index contributed by atoms with van der Waals surface area (Å²) < 4.78 is 9.45. The molecule has 1 aromatic rings. The highest BCUT2D eigenvalue weighted by atomic mass is 16.6. The Balaban J connectivity index is 2.19. The Labute approximate surface area is 111 Å². The summed E-state index contributed by atoms with van der Waals surface area (Å²) in [7, 11) is 0. The van der Waals surface area contributed by atoms with Crippen molar-refractivity contribution in [2.45, 2.75) is 26.2 Å². The maximum atomic E-state index is 11.5. The van der Waals surface area contributed by atoms with Gasteiger partial charge in [-0.1, -0.05) is 25.1 Å². The molecule has 0 aromatic heterocycles. The monoisotopic (exact) mass is 264 g/mol. The molecule has 0 spiro atoms. The van der Waals surface area contributed by atoms with Gasteiger partial charge in [-0.15, -0.1) is 0 Å². The lowest BCUT2D eigenvalue weighted by Gasteiger charge is -2.04. The number of hydrogen-bond acceptors (Lipinski definition) is 5. The van der Waals surface area contributed by atoms with E-state index in [2.05, 4.69) is 4.74 Å². The van der Waals surface area contributed by atoms with Crippen LogP contribution in [-0.4, -0.2) is 24.5 Å². The van der Waals surface area contributed by atoms with Gasteiger partial charge in [-0.25, -0.2) is 4.79 Å². The average molecular weight is 264 g/mol. The van der Waals surface area contributed by atoms with Crippen LogP contribution >= 0.6 is 0 Å². The smallest absolute Gasteiger partial charge is 0.338 e. The van der Waals surface area contributed by atoms with Crippen LogP contribution in [0.3, 0.4) is 0 Å². The zero-order chi connectivity index (χ0) is 14.1. The van der Waals surface area contributed by atoms with Crippen molar-refractivity contribution in [1.82, 2.24) is 0 Å². The second-order valence-electron chi connectivity index (χ2n) is 3.81. The Morgan fingerprint density at radius 2 is 1.74 bits per heavy atom. The summed E-state index contributed by atoms with van der Waals surface area (Å²) in [5.41, 5.74) is 0.464. The van der Waals surface area contributed by atoms with Crippen molar-refractivity contribution in [3.8, 4) is 0 Å². The topological polar surface area (TPSA) is 69.7 Å². The largest absolute Gasteiger partial charge is 0.462 e. The maximum Gasteiger partial charge on any atom is 0.338 e. The molecular weight excluding hydrogens is 248 g/mol. The van der Waals surface area contributed by atoms with Gasteiger partial charge >= 0.3 is 17.9 Å². The fourth-order valence-electron chi connectivity index (χ4n) is 1.29. The zero-order valence-electron chi connectivity index (χ0n) is 10.8. The van der Waals surface area contributed by atoms with E-state index in [0.717, 1.165) is 0 Å². The van der Waals surface area contributed by atoms with Crippen molar-refractivity contribution in [1.29, 1.82) is 0 Å². The summed E-state index contributed by atoms with van der Waals surface area (Å²) in [4.78, 5) is 33.5. The van der Waals surface area contributed by atoms with Crippen molar-refractivity contribution in [2.75, 3.05) is 6.61 Å². The lowest BCUT2D eigenvalue weighted by atomic mass is 10.2. The molecule has 0 N–H and O–H groups in total. The minimum absolute atomic E-state index is 0.0494. The van der Waals surface area contributed by atoms with Crippen molar-refractivity contribution >= 4 is 17.9 Å². The fourth-order valence-corrected chi connectivity index (χ4v) is 1.29. The lowest BCUT2D eigenvalue weighted by molar-refractivity contribution is -0.159. The van der Waals surface area contributed by atoms with Crippen LogP contribution in [0, 0.1) is 0 Å². The average Bonchev–Trinajstić information content (AvgIpc) is 2.44. The van der Waals surface area contributed by atoms with Crippen molar-refractivity contribution in [2.24, 2.45) is 0 Å². The van der Waals surface area contributed by atoms with Crippen LogP contribution in [0.4, 0.5) is 0 Å². The van der Waals surface area contributed by atoms with Crippen LogP contribution in [0.2, 0.25) is 0 Å². The van der Waals surface area contributed by atoms with Crippen LogP contribution in [0.1, 0.15) is 36.5 Å². The van der Waals surface area contributed by atoms with E-state index < -0.39 is 17.9 Å². The molecule has 0 unspecified atom stereocenters. The van der Waals surface area contributed by atoms with Crippen molar-refractivity contribution < 1.29 is 23.9 Å². The SMILES string of the molecule is CCC(=O)OC(=O)CCCOC(=O)c1ccccc1. The highest BCUT2D eigenvalue weighted by Crippen LogP contribution is 2.02. The first-order valence-corrected chi connectivity index (χ1v) is 6.09. The van der Waals surface area contributed by atoms with E-state index in [1.165, 1.54) is 0 Å². The number of carbonyl (C=O) groups is 3. The molecule has 1 rings (SSSR count). The fraction of sp³-hybridized carbons (Fsp3) is 0.357. The van der Waals surface area contributed by atoms with Gasteiger partial charge in [0, 0.05) is 12.8 Å². The number of hydrogen-bond donors (Lipinski definition) is 0. The van der Waals surface area contributed by atoms with Gasteiger partial charge in [-0.2, -0.15) is 0 Å². The standard InChI is InChI=1S/C14H16O5/c1-2-12(15)19-13(16)9-6-10-18-14(17)11-7-4-3-5-8-11/h3-5,7-8H,2,6,9-10H2,1H3. The number of rotatable bonds is 6. The van der Waals surface area contributed by atoms with E-state index in [0.29, 0.717) is 12.0 Å². The molecular formula is C14H16O5. The molecule has 0 fully saturated rings. The van der Waals surface area contributed by atoms with E-state index in [4.69, 9.17) is 4.74 Å². The van der Waals surface area contributed by atoms with E-state index in [-0.39, 0.29) is 19.4 Å². The molecule has 0 atom stereocenters. The second kappa shape index (κ2) is 8.02. The van der Waals surface area contributed by atoms with Crippen molar-refractivity contribution in [3.63, 3.8) is 0 Å². The van der Waals surface area contributed by atoms with Gasteiger partial charge in [0.25, 0.3) is 0 Å². The zero-order valence-corrected chi connectivity index (χ0v) is 10.8. The first kappa shape index (κ1) is 14.9. The quantitative estimate of drug-likeness (QED) is 0.447. The minimum atomic E-state index is -0.595. The molecule has 1 aromatic carbocycles. The number of carbonyl (C=O) groups excluding carboxylic acids is 3. The first-order chi connectivity index (χ1) is 9.13. The van der Waals surface area contributed by atoms with Gasteiger partial charge in [0.2, 0.25) is 0 Å². The van der Waals surface area contributed by atoms with Crippen LogP contribution < -0.4 is 0 Å². The molecule has 0 aliphatic carbocycles. The lowest BCUT2D eigenvalue weighted by Crippen LogP contribution is -2.12. The maximum absolute atomic E-state index is 11.5. The molecule has 0 heterocycles. The third-order valence-electron chi connectivity index (χ3n) is 2.28. The first-order valence-electron chi connectivity index (χ1n) is 6.09. The molecule has 5 heteroatoms. The number of esters is 3. The van der Waals surface area contributed by atoms with E-state index in [1.54, 1.807) is 37.3 Å². The van der Waals surface area contributed by atoms with Crippen LogP contribution in [0.15, 0.2) is 30.3 Å². The number of ether oxygens (including phenoxy) is 2. The molecule has 0 saturated heterocycles. The second-order valence-corrected chi connectivity index (χ2v) is 3.81. The molecule has 0 bridgehead atoms. The summed E-state index contributed by atoms with van der Waals surface area (Å²) in [5.74, 6) is -1.58. The molecule has 5 nitrogen and oxygen atoms in total. The molecule has 0 amide bonds. The van der Waals surface area contributed by atoms with Gasteiger partial charge in [0.1, 0.15) is 0 Å². The van der Waals surface area contributed by atoms with Crippen LogP contribution in [0.25, 0.3) is 0 Å². The summed E-state index contributed by atoms with van der Waals surface area (Å²) in [6, 6.07) is 8.58. The van der Waals surface area contributed by atoms with E-state index in [1.807, 2.05) is 0 Å². The van der Waals surface area contributed by atoms with Gasteiger partial charge in [0.05, 0.1) is 12.2 Å². The third-order valence-corrected chi connectivity index (χ3v) is 2.28. The predicted octanol–water partition coefficient (Wildman–Crippen LogP) is 2.10. The normalized spacial score (nSPS) is 9.74.